The zero-order valence-electron chi connectivity index (χ0n) is 19.2. The number of amides is 3. The molecule has 1 heterocycles. The molecule has 0 aliphatic carbocycles. The highest BCUT2D eigenvalue weighted by Gasteiger charge is 2.58. The zero-order chi connectivity index (χ0) is 26.1. The predicted molar refractivity (Wildman–Crippen MR) is 119 cm³/mol. The fraction of sp³-hybridized carbons (Fsp3) is 0.333. The summed E-state index contributed by atoms with van der Waals surface area (Å²) < 4.78 is 45.9. The van der Waals surface area contributed by atoms with Crippen LogP contribution in [-0.4, -0.2) is 42.5 Å². The van der Waals surface area contributed by atoms with Gasteiger partial charge in [0.15, 0.2) is 5.54 Å². The van der Waals surface area contributed by atoms with E-state index in [1.807, 2.05) is 0 Å². The second kappa shape index (κ2) is 9.38. The average Bonchev–Trinajstić information content (AvgIpc) is 3.02. The number of urea groups is 1. The molecule has 35 heavy (non-hydrogen) atoms. The van der Waals surface area contributed by atoms with Crippen LogP contribution in [0.15, 0.2) is 48.5 Å². The highest BCUT2D eigenvalue weighted by atomic mass is 19.4. The molecule has 0 bridgehead atoms. The van der Waals surface area contributed by atoms with E-state index in [2.05, 4.69) is 0 Å². The summed E-state index contributed by atoms with van der Waals surface area (Å²) in [6.07, 6.45) is -4.89. The first-order valence-corrected chi connectivity index (χ1v) is 10.6. The van der Waals surface area contributed by atoms with Crippen molar-refractivity contribution < 1.29 is 32.3 Å². The summed E-state index contributed by atoms with van der Waals surface area (Å²) >= 11 is 0. The van der Waals surface area contributed by atoms with Gasteiger partial charge in [0.1, 0.15) is 12.6 Å². The highest BCUT2D eigenvalue weighted by Crippen LogP contribution is 2.41. The maximum Gasteiger partial charge on any atom is 0.417 e. The van der Waals surface area contributed by atoms with Gasteiger partial charge in [-0.25, -0.2) is 9.69 Å². The molecule has 0 spiro atoms. The first-order valence-electron chi connectivity index (χ1n) is 10.6. The smallest absolute Gasteiger partial charge is 0.417 e. The summed E-state index contributed by atoms with van der Waals surface area (Å²) in [4.78, 5) is 41.1. The van der Waals surface area contributed by atoms with Gasteiger partial charge in [0, 0.05) is 7.05 Å². The average molecular weight is 488 g/mol. The lowest BCUT2D eigenvalue weighted by Gasteiger charge is -2.33. The van der Waals surface area contributed by atoms with E-state index in [1.54, 1.807) is 44.2 Å². The lowest BCUT2D eigenvalue weighted by atomic mass is 9.89. The molecule has 2 aromatic carbocycles. The number of anilines is 1. The molecule has 0 saturated carbocycles. The molecule has 2 N–H and O–H groups in total. The van der Waals surface area contributed by atoms with E-state index >= 15 is 0 Å². The van der Waals surface area contributed by atoms with Gasteiger partial charge in [0.25, 0.3) is 5.91 Å². The summed E-state index contributed by atoms with van der Waals surface area (Å²) in [6, 6.07) is 10.1. The third-order valence-corrected chi connectivity index (χ3v) is 5.96. The van der Waals surface area contributed by atoms with E-state index in [0.29, 0.717) is 16.5 Å². The fourth-order valence-electron chi connectivity index (χ4n) is 3.78. The Labute approximate surface area is 199 Å². The van der Waals surface area contributed by atoms with Crippen LogP contribution >= 0.6 is 0 Å². The van der Waals surface area contributed by atoms with Crippen molar-refractivity contribution in [1.82, 2.24) is 4.90 Å². The molecule has 3 rings (SSSR count). The van der Waals surface area contributed by atoms with Crippen LogP contribution < -0.4 is 10.6 Å². The van der Waals surface area contributed by atoms with Crippen LogP contribution in [0.4, 0.5) is 23.7 Å². The van der Waals surface area contributed by atoms with Gasteiger partial charge in [0.05, 0.1) is 22.9 Å². The Morgan fingerprint density at radius 3 is 2.34 bits per heavy atom. The molecule has 3 amide bonds. The van der Waals surface area contributed by atoms with Gasteiger partial charge in [-0.2, -0.15) is 18.4 Å². The SMILES string of the molecule is CC(C)[C@H](N)C(=O)OCC1(c2ccccc2)C(=O)N(c2ccc(C#N)c(C(F)(F)F)c2)C(=O)N1C. The minimum absolute atomic E-state index is 0.259. The van der Waals surface area contributed by atoms with Gasteiger partial charge in [-0.15, -0.1) is 0 Å². The quantitative estimate of drug-likeness (QED) is 0.492. The van der Waals surface area contributed by atoms with Gasteiger partial charge < -0.3 is 15.4 Å². The van der Waals surface area contributed by atoms with Crippen LogP contribution in [0.1, 0.15) is 30.5 Å². The molecule has 184 valence electrons. The maximum absolute atomic E-state index is 13.8. The third-order valence-electron chi connectivity index (χ3n) is 5.96. The summed E-state index contributed by atoms with van der Waals surface area (Å²) in [7, 11) is 1.29. The number of alkyl halides is 3. The predicted octanol–water partition coefficient (Wildman–Crippen LogP) is 3.40. The third kappa shape index (κ3) is 4.44. The number of carbonyl (C=O) groups excluding carboxylic acids is 3. The first-order chi connectivity index (χ1) is 16.4. The number of hydrogen-bond acceptors (Lipinski definition) is 6. The van der Waals surface area contributed by atoms with Crippen molar-refractivity contribution >= 4 is 23.6 Å². The van der Waals surface area contributed by atoms with Gasteiger partial charge in [-0.05, 0) is 29.7 Å². The van der Waals surface area contributed by atoms with Gasteiger partial charge in [-0.1, -0.05) is 44.2 Å². The second-order valence-corrected chi connectivity index (χ2v) is 8.43. The molecule has 2 aromatic rings. The number of ether oxygens (including phenoxy) is 1. The summed E-state index contributed by atoms with van der Waals surface area (Å²) in [5.41, 5.74) is 1.97. The number of nitrogens with two attached hydrogens (primary N) is 1. The van der Waals surface area contributed by atoms with E-state index in [1.165, 1.54) is 13.1 Å². The molecule has 1 fully saturated rings. The van der Waals surface area contributed by atoms with E-state index in [0.717, 1.165) is 17.0 Å². The molecule has 8 nitrogen and oxygen atoms in total. The Kier molecular flexibility index (Phi) is 6.89. The highest BCUT2D eigenvalue weighted by molar-refractivity contribution is 6.23. The number of nitrogens with zero attached hydrogens (tertiary/aromatic N) is 3. The number of rotatable bonds is 6. The van der Waals surface area contributed by atoms with E-state index in [9.17, 15) is 27.6 Å². The minimum Gasteiger partial charge on any atom is -0.461 e. The van der Waals surface area contributed by atoms with Crippen LogP contribution in [0.3, 0.4) is 0 Å². The summed E-state index contributed by atoms with van der Waals surface area (Å²) in [6.45, 7) is 2.82. The standard InChI is InChI=1S/C24H23F3N4O4/c1-14(2)19(29)20(32)35-13-23(16-7-5-4-6-8-16)21(33)31(22(34)30(23)3)17-10-9-15(12-28)18(11-17)24(25,26)27/h4-11,14,19H,13,29H2,1-3H3/t19-,23?/m0/s1. The lowest BCUT2D eigenvalue weighted by Crippen LogP contribution is -2.50. The number of halogens is 3. The molecule has 0 radical (unpaired) electrons. The molecule has 11 heteroatoms. The van der Waals surface area contributed by atoms with Crippen LogP contribution in [0.25, 0.3) is 0 Å². The van der Waals surface area contributed by atoms with Crippen molar-refractivity contribution in [3.8, 4) is 6.07 Å². The lowest BCUT2D eigenvalue weighted by molar-refractivity contribution is -0.151. The topological polar surface area (TPSA) is 117 Å². The Hall–Kier alpha value is -3.91. The molecular formula is C24H23F3N4O4. The normalized spacial score (nSPS) is 19.2. The largest absolute Gasteiger partial charge is 0.461 e. The van der Waals surface area contributed by atoms with Crippen LogP contribution in [0, 0.1) is 17.2 Å². The minimum atomic E-state index is -4.89. The van der Waals surface area contributed by atoms with Gasteiger partial charge >= 0.3 is 18.2 Å². The number of likely N-dealkylation sites (N-methyl/N-ethyl adjacent to an activating group) is 1. The summed E-state index contributed by atoms with van der Waals surface area (Å²) in [5, 5.41) is 9.06. The number of benzene rings is 2. The maximum atomic E-state index is 13.8. The van der Waals surface area contributed by atoms with Gasteiger partial charge in [-0.3, -0.25) is 9.59 Å². The monoisotopic (exact) mass is 488 g/mol. The van der Waals surface area contributed by atoms with Crippen molar-refractivity contribution in [1.29, 1.82) is 5.26 Å². The zero-order valence-corrected chi connectivity index (χ0v) is 19.2. The van der Waals surface area contributed by atoms with Crippen LogP contribution in [-0.2, 0) is 26.0 Å². The number of hydrogen-bond donors (Lipinski definition) is 1. The number of nitriles is 1. The number of imide groups is 1. The summed E-state index contributed by atoms with van der Waals surface area (Å²) in [5.74, 6) is -1.97. The van der Waals surface area contributed by atoms with Gasteiger partial charge in [0.2, 0.25) is 0 Å². The van der Waals surface area contributed by atoms with Crippen LogP contribution in [0.2, 0.25) is 0 Å². The second-order valence-electron chi connectivity index (χ2n) is 8.43. The molecule has 1 aliphatic heterocycles. The van der Waals surface area contributed by atoms with Crippen molar-refractivity contribution in [3.05, 3.63) is 65.2 Å². The molecule has 2 atom stereocenters. The van der Waals surface area contributed by atoms with E-state index in [4.69, 9.17) is 15.7 Å². The van der Waals surface area contributed by atoms with Crippen molar-refractivity contribution in [2.45, 2.75) is 31.6 Å². The Morgan fingerprint density at radius 1 is 1.17 bits per heavy atom. The number of esters is 1. The van der Waals surface area contributed by atoms with Crippen molar-refractivity contribution in [2.75, 3.05) is 18.6 Å². The van der Waals surface area contributed by atoms with E-state index < -0.39 is 53.4 Å². The van der Waals surface area contributed by atoms with Crippen molar-refractivity contribution in [2.24, 2.45) is 11.7 Å². The molecule has 1 unspecified atom stereocenters. The number of carbonyl (C=O) groups is 3. The van der Waals surface area contributed by atoms with E-state index in [-0.39, 0.29) is 11.6 Å². The van der Waals surface area contributed by atoms with Crippen molar-refractivity contribution in [3.63, 3.8) is 0 Å². The molecule has 1 aliphatic rings. The molecule has 1 saturated heterocycles. The fourth-order valence-corrected chi connectivity index (χ4v) is 3.78. The first kappa shape index (κ1) is 25.7. The molecule has 0 aromatic heterocycles. The Morgan fingerprint density at radius 2 is 1.80 bits per heavy atom. The molecular weight excluding hydrogens is 465 g/mol. The van der Waals surface area contributed by atoms with Crippen LogP contribution in [0.5, 0.6) is 0 Å². The Balaban J connectivity index is 2.11. The Bertz CT molecular complexity index is 1190.